The van der Waals surface area contributed by atoms with Gasteiger partial charge in [0.05, 0.1) is 5.69 Å². The lowest BCUT2D eigenvalue weighted by molar-refractivity contribution is -0.111. The molecule has 2 unspecified atom stereocenters. The van der Waals surface area contributed by atoms with Gasteiger partial charge in [-0.15, -0.1) is 0 Å². The van der Waals surface area contributed by atoms with Crippen LogP contribution in [0, 0.1) is 5.92 Å². The van der Waals surface area contributed by atoms with E-state index in [9.17, 15) is 9.18 Å². The van der Waals surface area contributed by atoms with Crippen LogP contribution in [0.3, 0.4) is 0 Å². The van der Waals surface area contributed by atoms with Crippen LogP contribution in [0.5, 0.6) is 0 Å². The van der Waals surface area contributed by atoms with Gasteiger partial charge in [0.15, 0.2) is 10.9 Å². The number of halogens is 2. The quantitative estimate of drug-likeness (QED) is 0.456. The molecule has 1 aromatic carbocycles. The number of hydrogen-bond donors (Lipinski definition) is 1. The van der Waals surface area contributed by atoms with E-state index in [4.69, 9.17) is 11.6 Å². The number of carbonyl (C=O) groups excluding carboxylic acids is 1. The Kier molecular flexibility index (Phi) is 5.00. The topological polar surface area (TPSA) is 46.9 Å². The van der Waals surface area contributed by atoms with Crippen molar-refractivity contribution in [3.8, 4) is 5.69 Å². The van der Waals surface area contributed by atoms with Crippen molar-refractivity contribution < 1.29 is 9.18 Å². The standard InChI is InChI=1S/C18H19ClFN3O/c19-18(20)13-14(18)7-3-1-6-10-17(24)21-16-11-12-23(22-16)15-8-4-2-5-9-15/h2,4-6,8-12,14H,1,3,7,13H2,(H,21,22,24)/b10-6+. The number of alkyl halides is 2. The Morgan fingerprint density at radius 2 is 2.17 bits per heavy atom. The van der Waals surface area contributed by atoms with E-state index in [0.717, 1.165) is 24.9 Å². The molecule has 0 radical (unpaired) electrons. The summed E-state index contributed by atoms with van der Waals surface area (Å²) in [7, 11) is 0. The molecule has 1 N–H and O–H groups in total. The third kappa shape index (κ3) is 4.45. The highest BCUT2D eigenvalue weighted by Crippen LogP contribution is 2.53. The monoisotopic (exact) mass is 347 g/mol. The number of amides is 1. The highest BCUT2D eigenvalue weighted by Gasteiger charge is 2.53. The molecule has 1 saturated carbocycles. The van der Waals surface area contributed by atoms with Gasteiger partial charge in [-0.25, -0.2) is 9.07 Å². The lowest BCUT2D eigenvalue weighted by atomic mass is 10.1. The molecule has 1 amide bonds. The molecule has 3 rings (SSSR count). The van der Waals surface area contributed by atoms with Crippen molar-refractivity contribution in [2.24, 2.45) is 5.92 Å². The number of hydrogen-bond acceptors (Lipinski definition) is 2. The summed E-state index contributed by atoms with van der Waals surface area (Å²) < 4.78 is 14.8. The molecule has 0 aliphatic heterocycles. The Bertz CT molecular complexity index is 727. The zero-order valence-electron chi connectivity index (χ0n) is 13.2. The zero-order valence-corrected chi connectivity index (χ0v) is 13.9. The van der Waals surface area contributed by atoms with Gasteiger partial charge in [0, 0.05) is 24.6 Å². The minimum atomic E-state index is -1.47. The second-order valence-corrected chi connectivity index (χ2v) is 6.59. The lowest BCUT2D eigenvalue weighted by Crippen LogP contribution is -2.08. The normalized spacial score (nSPS) is 22.7. The van der Waals surface area contributed by atoms with Gasteiger partial charge in [-0.3, -0.25) is 4.79 Å². The molecule has 24 heavy (non-hydrogen) atoms. The smallest absolute Gasteiger partial charge is 0.249 e. The molecule has 0 bridgehead atoms. The van der Waals surface area contributed by atoms with Crippen molar-refractivity contribution in [2.45, 2.75) is 30.8 Å². The van der Waals surface area contributed by atoms with E-state index < -0.39 is 5.13 Å². The number of benzene rings is 1. The number of nitrogens with zero attached hydrogens (tertiary/aromatic N) is 2. The molecule has 6 heteroatoms. The fraction of sp³-hybridized carbons (Fsp3) is 0.333. The van der Waals surface area contributed by atoms with Gasteiger partial charge < -0.3 is 5.32 Å². The van der Waals surface area contributed by atoms with Crippen molar-refractivity contribution >= 4 is 23.3 Å². The Hall–Kier alpha value is -2.14. The molecule has 2 aromatic rings. The first-order valence-electron chi connectivity index (χ1n) is 8.01. The Morgan fingerprint density at radius 1 is 1.42 bits per heavy atom. The summed E-state index contributed by atoms with van der Waals surface area (Å²) in [6.07, 6.45) is 7.83. The summed E-state index contributed by atoms with van der Waals surface area (Å²) in [5, 5.41) is 5.55. The number of carbonyl (C=O) groups is 1. The van der Waals surface area contributed by atoms with Crippen LogP contribution in [0.2, 0.25) is 0 Å². The van der Waals surface area contributed by atoms with Crippen molar-refractivity contribution in [3.05, 3.63) is 54.7 Å². The molecule has 1 aliphatic carbocycles. The van der Waals surface area contributed by atoms with Crippen molar-refractivity contribution in [2.75, 3.05) is 5.32 Å². The zero-order chi connectivity index (χ0) is 17.0. The molecule has 1 heterocycles. The van der Waals surface area contributed by atoms with E-state index >= 15 is 0 Å². The van der Waals surface area contributed by atoms with Gasteiger partial charge in [0.1, 0.15) is 0 Å². The van der Waals surface area contributed by atoms with Crippen LogP contribution in [-0.2, 0) is 4.79 Å². The molecule has 0 saturated heterocycles. The predicted molar refractivity (Wildman–Crippen MR) is 93.0 cm³/mol. The minimum absolute atomic E-state index is 0.0247. The summed E-state index contributed by atoms with van der Waals surface area (Å²) in [6.45, 7) is 0. The van der Waals surface area contributed by atoms with E-state index in [-0.39, 0.29) is 11.8 Å². The summed E-state index contributed by atoms with van der Waals surface area (Å²) >= 11 is 5.55. The first-order chi connectivity index (χ1) is 11.5. The van der Waals surface area contributed by atoms with Gasteiger partial charge in [-0.05, 0) is 37.5 Å². The number of para-hydroxylation sites is 1. The van der Waals surface area contributed by atoms with Crippen LogP contribution in [-0.4, -0.2) is 20.8 Å². The van der Waals surface area contributed by atoms with Crippen LogP contribution < -0.4 is 5.32 Å². The van der Waals surface area contributed by atoms with Gasteiger partial charge >= 0.3 is 0 Å². The van der Waals surface area contributed by atoms with Crippen LogP contribution >= 0.6 is 11.6 Å². The largest absolute Gasteiger partial charge is 0.306 e. The van der Waals surface area contributed by atoms with Gasteiger partial charge in [0.2, 0.25) is 5.91 Å². The molecule has 1 aromatic heterocycles. The molecule has 4 nitrogen and oxygen atoms in total. The van der Waals surface area contributed by atoms with E-state index in [1.165, 1.54) is 6.08 Å². The molecular weight excluding hydrogens is 329 g/mol. The fourth-order valence-corrected chi connectivity index (χ4v) is 2.83. The van der Waals surface area contributed by atoms with Crippen LogP contribution in [0.1, 0.15) is 25.7 Å². The number of aromatic nitrogens is 2. The van der Waals surface area contributed by atoms with E-state index in [2.05, 4.69) is 10.4 Å². The molecule has 0 spiro atoms. The maximum absolute atomic E-state index is 13.1. The van der Waals surface area contributed by atoms with Crippen LogP contribution in [0.4, 0.5) is 10.2 Å². The van der Waals surface area contributed by atoms with Crippen LogP contribution in [0.25, 0.3) is 5.69 Å². The molecule has 1 aliphatic rings. The maximum Gasteiger partial charge on any atom is 0.249 e. The van der Waals surface area contributed by atoms with Gasteiger partial charge in [-0.1, -0.05) is 35.9 Å². The fourth-order valence-electron chi connectivity index (χ4n) is 2.54. The highest BCUT2D eigenvalue weighted by molar-refractivity contribution is 6.24. The maximum atomic E-state index is 13.1. The Morgan fingerprint density at radius 3 is 2.88 bits per heavy atom. The van der Waals surface area contributed by atoms with E-state index in [0.29, 0.717) is 12.2 Å². The average molecular weight is 348 g/mol. The number of rotatable bonds is 7. The lowest BCUT2D eigenvalue weighted by Gasteiger charge is -2.00. The SMILES string of the molecule is O=C(/C=C/CCCC1CC1(F)Cl)Nc1ccn(-c2ccccc2)n1. The molecule has 1 fully saturated rings. The van der Waals surface area contributed by atoms with E-state index in [1.807, 2.05) is 30.3 Å². The van der Waals surface area contributed by atoms with Gasteiger partial charge in [0.25, 0.3) is 0 Å². The summed E-state index contributed by atoms with van der Waals surface area (Å²) in [5.41, 5.74) is 0.928. The first kappa shape index (κ1) is 16.7. The third-order valence-corrected chi connectivity index (χ3v) is 4.47. The first-order valence-corrected chi connectivity index (χ1v) is 8.39. The summed E-state index contributed by atoms with van der Waals surface area (Å²) in [4.78, 5) is 11.8. The highest BCUT2D eigenvalue weighted by atomic mass is 35.5. The number of nitrogens with one attached hydrogen (secondary N) is 1. The van der Waals surface area contributed by atoms with Crippen molar-refractivity contribution in [1.82, 2.24) is 9.78 Å². The Balaban J connectivity index is 1.42. The summed E-state index contributed by atoms with van der Waals surface area (Å²) in [6, 6.07) is 11.4. The minimum Gasteiger partial charge on any atom is -0.306 e. The molecule has 126 valence electrons. The predicted octanol–water partition coefficient (Wildman–Crippen LogP) is 4.46. The average Bonchev–Trinajstić information content (AvgIpc) is 2.96. The number of unbranched alkanes of at least 4 members (excludes halogenated alkanes) is 1. The second kappa shape index (κ2) is 7.18. The number of allylic oxidation sites excluding steroid dienone is 1. The third-order valence-electron chi connectivity index (χ3n) is 4.01. The Labute approximate surface area is 145 Å². The van der Waals surface area contributed by atoms with Gasteiger partial charge in [-0.2, -0.15) is 5.10 Å². The van der Waals surface area contributed by atoms with Crippen LogP contribution in [0.15, 0.2) is 54.7 Å². The molecular formula is C18H19ClFN3O. The summed E-state index contributed by atoms with van der Waals surface area (Å²) in [5.74, 6) is 0.246. The van der Waals surface area contributed by atoms with Crippen molar-refractivity contribution in [1.29, 1.82) is 0 Å². The molecule has 2 atom stereocenters. The number of anilines is 1. The second-order valence-electron chi connectivity index (χ2n) is 5.97. The van der Waals surface area contributed by atoms with Crippen molar-refractivity contribution in [3.63, 3.8) is 0 Å². The van der Waals surface area contributed by atoms with E-state index in [1.54, 1.807) is 23.0 Å².